The van der Waals surface area contributed by atoms with E-state index in [1.165, 1.54) is 23.5 Å². The Balaban J connectivity index is 1.61. The maximum absolute atomic E-state index is 13.1. The second-order valence-corrected chi connectivity index (χ2v) is 7.86. The Hall–Kier alpha value is -3.14. The van der Waals surface area contributed by atoms with Crippen LogP contribution in [0.5, 0.6) is 0 Å². The SMILES string of the molecule is CCC(C)C1Nc2nc(C)nc(Nc3nnc(-c4ccc(F)cc4)s3)c2NC1=O. The van der Waals surface area contributed by atoms with Gasteiger partial charge in [-0.15, -0.1) is 10.2 Å². The minimum absolute atomic E-state index is 0.119. The van der Waals surface area contributed by atoms with Crippen LogP contribution >= 0.6 is 11.3 Å². The molecule has 1 aliphatic heterocycles. The van der Waals surface area contributed by atoms with Gasteiger partial charge >= 0.3 is 0 Å². The van der Waals surface area contributed by atoms with Crippen molar-refractivity contribution < 1.29 is 9.18 Å². The van der Waals surface area contributed by atoms with E-state index >= 15 is 0 Å². The first-order valence-electron chi connectivity index (χ1n) is 9.27. The lowest BCUT2D eigenvalue weighted by Crippen LogP contribution is -2.43. The van der Waals surface area contributed by atoms with Gasteiger partial charge in [0, 0.05) is 5.56 Å². The molecule has 3 N–H and O–H groups in total. The molecule has 3 heterocycles. The van der Waals surface area contributed by atoms with Gasteiger partial charge in [-0.05, 0) is 37.1 Å². The number of halogens is 1. The van der Waals surface area contributed by atoms with E-state index < -0.39 is 0 Å². The molecule has 1 aromatic carbocycles. The van der Waals surface area contributed by atoms with Gasteiger partial charge in [0.15, 0.2) is 11.6 Å². The number of nitrogens with one attached hydrogen (secondary N) is 3. The van der Waals surface area contributed by atoms with Crippen LogP contribution in [0.1, 0.15) is 26.1 Å². The van der Waals surface area contributed by atoms with Gasteiger partial charge in [0.05, 0.1) is 0 Å². The monoisotopic (exact) mass is 413 g/mol. The number of carbonyl (C=O) groups excluding carboxylic acids is 1. The number of fused-ring (bicyclic) bond motifs is 1. The normalized spacial score (nSPS) is 16.6. The molecule has 0 aliphatic carbocycles. The quantitative estimate of drug-likeness (QED) is 0.581. The van der Waals surface area contributed by atoms with Gasteiger partial charge in [-0.3, -0.25) is 4.79 Å². The van der Waals surface area contributed by atoms with Crippen LogP contribution in [0.4, 0.5) is 26.8 Å². The Morgan fingerprint density at radius 1 is 1.24 bits per heavy atom. The van der Waals surface area contributed by atoms with Gasteiger partial charge in [0.2, 0.25) is 11.0 Å². The topological polar surface area (TPSA) is 105 Å². The predicted molar refractivity (Wildman–Crippen MR) is 111 cm³/mol. The van der Waals surface area contributed by atoms with Crippen molar-refractivity contribution in [2.24, 2.45) is 5.92 Å². The summed E-state index contributed by atoms with van der Waals surface area (Å²) in [6, 6.07) is 5.71. The molecule has 0 spiro atoms. The molecule has 4 rings (SSSR count). The second kappa shape index (κ2) is 7.70. The zero-order valence-corrected chi connectivity index (χ0v) is 17.0. The number of anilines is 4. The number of nitrogens with zero attached hydrogens (tertiary/aromatic N) is 4. The van der Waals surface area contributed by atoms with E-state index in [0.29, 0.717) is 33.3 Å². The van der Waals surface area contributed by atoms with Crippen molar-refractivity contribution in [3.05, 3.63) is 35.9 Å². The Morgan fingerprint density at radius 3 is 2.72 bits per heavy atom. The first kappa shape index (κ1) is 19.2. The van der Waals surface area contributed by atoms with E-state index in [0.717, 1.165) is 12.0 Å². The third-order valence-corrected chi connectivity index (χ3v) is 5.69. The summed E-state index contributed by atoms with van der Waals surface area (Å²) >= 11 is 1.30. The largest absolute Gasteiger partial charge is 0.356 e. The molecule has 0 saturated heterocycles. The number of aromatic nitrogens is 4. The summed E-state index contributed by atoms with van der Waals surface area (Å²) in [6.45, 7) is 5.85. The molecule has 10 heteroatoms. The zero-order valence-electron chi connectivity index (χ0n) is 16.2. The van der Waals surface area contributed by atoms with E-state index in [1.54, 1.807) is 19.1 Å². The Labute approximate surface area is 171 Å². The fourth-order valence-electron chi connectivity index (χ4n) is 3.02. The second-order valence-electron chi connectivity index (χ2n) is 6.88. The molecular weight excluding hydrogens is 393 g/mol. The van der Waals surface area contributed by atoms with Crippen LogP contribution in [-0.4, -0.2) is 32.1 Å². The highest BCUT2D eigenvalue weighted by molar-refractivity contribution is 7.18. The van der Waals surface area contributed by atoms with Crippen LogP contribution in [0, 0.1) is 18.7 Å². The van der Waals surface area contributed by atoms with Crippen LogP contribution in [0.15, 0.2) is 24.3 Å². The van der Waals surface area contributed by atoms with Gasteiger partial charge in [-0.25, -0.2) is 14.4 Å². The van der Waals surface area contributed by atoms with Crippen molar-refractivity contribution in [2.75, 3.05) is 16.0 Å². The molecular formula is C19H20FN7OS. The Morgan fingerprint density at radius 2 is 2.00 bits per heavy atom. The van der Waals surface area contributed by atoms with E-state index in [-0.39, 0.29) is 23.7 Å². The van der Waals surface area contributed by atoms with Crippen molar-refractivity contribution in [1.82, 2.24) is 20.2 Å². The van der Waals surface area contributed by atoms with Gasteiger partial charge in [0.25, 0.3) is 0 Å². The Bertz CT molecular complexity index is 1050. The summed E-state index contributed by atoms with van der Waals surface area (Å²) in [6.07, 6.45) is 0.868. The summed E-state index contributed by atoms with van der Waals surface area (Å²) in [5, 5.41) is 18.7. The molecule has 8 nitrogen and oxygen atoms in total. The smallest absolute Gasteiger partial charge is 0.247 e. The highest BCUT2D eigenvalue weighted by atomic mass is 32.1. The van der Waals surface area contributed by atoms with Gasteiger partial charge in [-0.2, -0.15) is 0 Å². The molecule has 3 aromatic rings. The molecule has 0 bridgehead atoms. The van der Waals surface area contributed by atoms with Crippen molar-refractivity contribution in [1.29, 1.82) is 0 Å². The average molecular weight is 413 g/mol. The predicted octanol–water partition coefficient (Wildman–Crippen LogP) is 3.96. The first-order valence-corrected chi connectivity index (χ1v) is 10.1. The van der Waals surface area contributed by atoms with Gasteiger partial charge < -0.3 is 16.0 Å². The van der Waals surface area contributed by atoms with E-state index in [9.17, 15) is 9.18 Å². The number of benzene rings is 1. The maximum Gasteiger partial charge on any atom is 0.247 e. The van der Waals surface area contributed by atoms with Crippen LogP contribution < -0.4 is 16.0 Å². The van der Waals surface area contributed by atoms with Gasteiger partial charge in [0.1, 0.15) is 28.4 Å². The standard InChI is InChI=1S/C19H20FN7OS/c1-4-9(2)13-17(28)24-14-15(23-13)21-10(3)22-16(14)25-19-27-26-18(29-19)11-5-7-12(20)8-6-11/h5-9,13H,4H2,1-3H3,(H,24,28)(H2,21,22,23,25,27). The molecule has 2 unspecified atom stereocenters. The van der Waals surface area contributed by atoms with Crippen molar-refractivity contribution in [2.45, 2.75) is 33.2 Å². The fraction of sp³-hybridized carbons (Fsp3) is 0.316. The lowest BCUT2D eigenvalue weighted by atomic mass is 9.97. The molecule has 150 valence electrons. The number of aryl methyl sites for hydroxylation is 1. The fourth-order valence-corrected chi connectivity index (χ4v) is 3.77. The number of hydrogen-bond acceptors (Lipinski definition) is 8. The van der Waals surface area contributed by atoms with Gasteiger partial charge in [-0.1, -0.05) is 31.6 Å². The summed E-state index contributed by atoms with van der Waals surface area (Å²) in [4.78, 5) is 21.4. The number of hydrogen-bond donors (Lipinski definition) is 3. The minimum Gasteiger partial charge on any atom is -0.356 e. The summed E-state index contributed by atoms with van der Waals surface area (Å²) < 4.78 is 13.1. The molecule has 0 radical (unpaired) electrons. The summed E-state index contributed by atoms with van der Waals surface area (Å²) in [7, 11) is 0. The number of rotatable bonds is 5. The molecule has 2 atom stereocenters. The third-order valence-electron chi connectivity index (χ3n) is 4.80. The average Bonchev–Trinajstić information content (AvgIpc) is 3.16. The van der Waals surface area contributed by atoms with Crippen LogP contribution in [0.25, 0.3) is 10.6 Å². The van der Waals surface area contributed by atoms with Crippen LogP contribution in [0.2, 0.25) is 0 Å². The van der Waals surface area contributed by atoms with Crippen LogP contribution in [-0.2, 0) is 4.79 Å². The number of amides is 1. The molecule has 1 aliphatic rings. The van der Waals surface area contributed by atoms with E-state index in [2.05, 4.69) is 36.1 Å². The minimum atomic E-state index is -0.346. The highest BCUT2D eigenvalue weighted by Gasteiger charge is 2.32. The molecule has 0 fully saturated rings. The maximum atomic E-state index is 13.1. The highest BCUT2D eigenvalue weighted by Crippen LogP contribution is 2.36. The summed E-state index contributed by atoms with van der Waals surface area (Å²) in [5.74, 6) is 1.31. The zero-order chi connectivity index (χ0) is 20.5. The van der Waals surface area contributed by atoms with Crippen molar-refractivity contribution in [3.8, 4) is 10.6 Å². The van der Waals surface area contributed by atoms with E-state index in [4.69, 9.17) is 0 Å². The number of carbonyl (C=O) groups is 1. The van der Waals surface area contributed by atoms with Crippen molar-refractivity contribution >= 4 is 39.7 Å². The lowest BCUT2D eigenvalue weighted by Gasteiger charge is -2.30. The van der Waals surface area contributed by atoms with Crippen molar-refractivity contribution in [3.63, 3.8) is 0 Å². The third kappa shape index (κ3) is 3.88. The van der Waals surface area contributed by atoms with E-state index in [1.807, 2.05) is 13.8 Å². The molecule has 0 saturated carbocycles. The van der Waals surface area contributed by atoms with Crippen LogP contribution in [0.3, 0.4) is 0 Å². The summed E-state index contributed by atoms with van der Waals surface area (Å²) in [5.41, 5.74) is 1.25. The lowest BCUT2D eigenvalue weighted by molar-refractivity contribution is -0.118. The molecule has 2 aromatic heterocycles. The Kier molecular flexibility index (Phi) is 5.10. The molecule has 29 heavy (non-hydrogen) atoms. The first-order chi connectivity index (χ1) is 13.9. The molecule has 1 amide bonds.